The third kappa shape index (κ3) is 7.15. The van der Waals surface area contributed by atoms with Crippen molar-refractivity contribution in [3.63, 3.8) is 0 Å². The van der Waals surface area contributed by atoms with E-state index in [1.165, 1.54) is 6.26 Å². The second-order valence-electron chi connectivity index (χ2n) is 7.11. The molecule has 0 bridgehead atoms. The monoisotopic (exact) mass is 449 g/mol. The van der Waals surface area contributed by atoms with Crippen molar-refractivity contribution >= 4 is 15.8 Å². The average Bonchev–Trinajstić information content (AvgIpc) is 2.74. The standard InChI is InChI=1S/C22H31N3O5S/c1-6-23-22(24-13-16-7-8-21(15(2)9-16)31(5,27)28)25-14-20(26)17-10-18(29-3)12-19(11-17)30-4/h7-12,20,26H,6,13-14H2,1-5H3,(H2,23,24,25). The van der Waals surface area contributed by atoms with Crippen LogP contribution in [-0.4, -0.2) is 53.0 Å². The molecular weight excluding hydrogens is 418 g/mol. The molecule has 0 saturated heterocycles. The fraction of sp³-hybridized carbons (Fsp3) is 0.409. The summed E-state index contributed by atoms with van der Waals surface area (Å²) < 4.78 is 34.1. The number of ether oxygens (including phenoxy) is 2. The van der Waals surface area contributed by atoms with E-state index in [-0.39, 0.29) is 6.54 Å². The van der Waals surface area contributed by atoms with Crippen molar-refractivity contribution in [2.75, 3.05) is 33.6 Å². The van der Waals surface area contributed by atoms with Gasteiger partial charge in [-0.25, -0.2) is 13.4 Å². The highest BCUT2D eigenvalue weighted by Crippen LogP contribution is 2.26. The summed E-state index contributed by atoms with van der Waals surface area (Å²) in [5.74, 6) is 1.74. The minimum absolute atomic E-state index is 0.230. The van der Waals surface area contributed by atoms with Crippen LogP contribution < -0.4 is 20.1 Å². The van der Waals surface area contributed by atoms with Crippen molar-refractivity contribution in [1.82, 2.24) is 10.6 Å². The minimum atomic E-state index is -3.25. The van der Waals surface area contributed by atoms with Gasteiger partial charge < -0.3 is 25.2 Å². The topological polar surface area (TPSA) is 109 Å². The first-order chi connectivity index (χ1) is 14.7. The molecule has 8 nitrogen and oxygen atoms in total. The van der Waals surface area contributed by atoms with Crippen molar-refractivity contribution in [2.24, 2.45) is 4.99 Å². The van der Waals surface area contributed by atoms with Gasteiger partial charge in [0, 0.05) is 25.4 Å². The molecule has 0 saturated carbocycles. The van der Waals surface area contributed by atoms with Gasteiger partial charge in [-0.05, 0) is 48.7 Å². The molecule has 0 radical (unpaired) electrons. The number of sulfone groups is 1. The van der Waals surface area contributed by atoms with Gasteiger partial charge in [0.1, 0.15) is 11.5 Å². The Morgan fingerprint density at radius 3 is 2.26 bits per heavy atom. The van der Waals surface area contributed by atoms with Crippen molar-refractivity contribution in [3.05, 3.63) is 53.1 Å². The number of hydrogen-bond donors (Lipinski definition) is 3. The summed E-state index contributed by atoms with van der Waals surface area (Å²) in [6, 6.07) is 10.4. The summed E-state index contributed by atoms with van der Waals surface area (Å²) in [6.07, 6.45) is 0.396. The lowest BCUT2D eigenvalue weighted by Gasteiger charge is -2.17. The molecule has 0 spiro atoms. The third-order valence-electron chi connectivity index (χ3n) is 4.62. The molecule has 1 unspecified atom stereocenters. The van der Waals surface area contributed by atoms with Crippen LogP contribution in [-0.2, 0) is 16.4 Å². The molecule has 3 N–H and O–H groups in total. The van der Waals surface area contributed by atoms with Gasteiger partial charge in [0.05, 0.1) is 31.8 Å². The van der Waals surface area contributed by atoms with Gasteiger partial charge in [0.25, 0.3) is 0 Å². The van der Waals surface area contributed by atoms with Gasteiger partial charge in [-0.15, -0.1) is 0 Å². The summed E-state index contributed by atoms with van der Waals surface area (Å²) in [5, 5.41) is 16.9. The molecule has 0 heterocycles. The summed E-state index contributed by atoms with van der Waals surface area (Å²) in [6.45, 7) is 4.97. The van der Waals surface area contributed by atoms with Crippen LogP contribution in [0.25, 0.3) is 0 Å². The van der Waals surface area contributed by atoms with Gasteiger partial charge in [-0.3, -0.25) is 0 Å². The number of methoxy groups -OCH3 is 2. The highest BCUT2D eigenvalue weighted by molar-refractivity contribution is 7.90. The van der Waals surface area contributed by atoms with Crippen LogP contribution in [0.1, 0.15) is 29.7 Å². The highest BCUT2D eigenvalue weighted by atomic mass is 32.2. The number of benzene rings is 2. The van der Waals surface area contributed by atoms with Crippen LogP contribution in [0.2, 0.25) is 0 Å². The number of rotatable bonds is 9. The lowest BCUT2D eigenvalue weighted by molar-refractivity contribution is 0.180. The number of nitrogens with zero attached hydrogens (tertiary/aromatic N) is 1. The second kappa shape index (κ2) is 11.0. The Kier molecular flexibility index (Phi) is 8.70. The van der Waals surface area contributed by atoms with Crippen LogP contribution in [0, 0.1) is 6.92 Å². The van der Waals surface area contributed by atoms with E-state index < -0.39 is 15.9 Å². The van der Waals surface area contributed by atoms with Crippen molar-refractivity contribution in [3.8, 4) is 11.5 Å². The fourth-order valence-electron chi connectivity index (χ4n) is 3.07. The molecule has 2 aromatic rings. The van der Waals surface area contributed by atoms with Crippen molar-refractivity contribution < 1.29 is 23.0 Å². The third-order valence-corrected chi connectivity index (χ3v) is 5.88. The Morgan fingerprint density at radius 1 is 1.10 bits per heavy atom. The predicted octanol–water partition coefficient (Wildman–Crippen LogP) is 2.20. The Hall–Kier alpha value is -2.78. The molecule has 1 atom stereocenters. The molecule has 9 heteroatoms. The Labute approximate surface area is 184 Å². The quantitative estimate of drug-likeness (QED) is 0.398. The second-order valence-corrected chi connectivity index (χ2v) is 9.09. The van der Waals surface area contributed by atoms with Crippen LogP contribution in [0.4, 0.5) is 0 Å². The van der Waals surface area contributed by atoms with Gasteiger partial charge in [-0.2, -0.15) is 0 Å². The minimum Gasteiger partial charge on any atom is -0.497 e. The van der Waals surface area contributed by atoms with E-state index in [2.05, 4.69) is 15.6 Å². The maximum Gasteiger partial charge on any atom is 0.191 e. The van der Waals surface area contributed by atoms with Gasteiger partial charge in [-0.1, -0.05) is 12.1 Å². The zero-order valence-corrected chi connectivity index (χ0v) is 19.4. The number of aliphatic hydroxyl groups excluding tert-OH is 1. The first-order valence-electron chi connectivity index (χ1n) is 9.90. The summed E-state index contributed by atoms with van der Waals surface area (Å²) in [5.41, 5.74) is 2.24. The normalized spacial score (nSPS) is 12.9. The van der Waals surface area contributed by atoms with Gasteiger partial charge in [0.15, 0.2) is 15.8 Å². The molecule has 0 aliphatic rings. The smallest absolute Gasteiger partial charge is 0.191 e. The molecule has 0 aliphatic heterocycles. The number of aryl methyl sites for hydroxylation is 1. The molecule has 170 valence electrons. The molecule has 2 rings (SSSR count). The number of guanidine groups is 1. The van der Waals surface area contributed by atoms with Gasteiger partial charge >= 0.3 is 0 Å². The maximum absolute atomic E-state index is 11.8. The largest absolute Gasteiger partial charge is 0.497 e. The van der Waals surface area contributed by atoms with Crippen LogP contribution in [0.3, 0.4) is 0 Å². The maximum atomic E-state index is 11.8. The lowest BCUT2D eigenvalue weighted by atomic mass is 10.1. The zero-order valence-electron chi connectivity index (χ0n) is 18.6. The summed E-state index contributed by atoms with van der Waals surface area (Å²) in [7, 11) is -0.133. The summed E-state index contributed by atoms with van der Waals surface area (Å²) >= 11 is 0. The molecule has 0 amide bonds. The van der Waals surface area contributed by atoms with Crippen molar-refractivity contribution in [1.29, 1.82) is 0 Å². The van der Waals surface area contributed by atoms with Crippen LogP contribution >= 0.6 is 0 Å². The number of hydrogen-bond acceptors (Lipinski definition) is 6. The van der Waals surface area contributed by atoms with E-state index >= 15 is 0 Å². The van der Waals surface area contributed by atoms with Crippen LogP contribution in [0.15, 0.2) is 46.3 Å². The SMILES string of the molecule is CCNC(=NCc1ccc(S(C)(=O)=O)c(C)c1)NCC(O)c1cc(OC)cc(OC)c1. The molecule has 2 aromatic carbocycles. The van der Waals surface area contributed by atoms with E-state index in [0.717, 1.165) is 5.56 Å². The lowest BCUT2D eigenvalue weighted by Crippen LogP contribution is -2.39. The average molecular weight is 450 g/mol. The molecule has 31 heavy (non-hydrogen) atoms. The fourth-order valence-corrected chi connectivity index (χ4v) is 4.03. The number of aliphatic hydroxyl groups is 1. The van der Waals surface area contributed by atoms with Gasteiger partial charge in [0.2, 0.25) is 0 Å². The number of nitrogens with one attached hydrogen (secondary N) is 2. The van der Waals surface area contributed by atoms with E-state index in [1.54, 1.807) is 51.5 Å². The first-order valence-corrected chi connectivity index (χ1v) is 11.8. The first kappa shape index (κ1) is 24.5. The van der Waals surface area contributed by atoms with E-state index in [0.29, 0.717) is 46.6 Å². The Bertz CT molecular complexity index is 1000. The molecule has 0 fully saturated rings. The van der Waals surface area contributed by atoms with Crippen LogP contribution in [0.5, 0.6) is 11.5 Å². The Morgan fingerprint density at radius 2 is 1.74 bits per heavy atom. The summed E-state index contributed by atoms with van der Waals surface area (Å²) in [4.78, 5) is 4.86. The van der Waals surface area contributed by atoms with E-state index in [4.69, 9.17) is 9.47 Å². The van der Waals surface area contributed by atoms with Crippen molar-refractivity contribution in [2.45, 2.75) is 31.4 Å². The molecular formula is C22H31N3O5S. The van der Waals surface area contributed by atoms with E-state index in [9.17, 15) is 13.5 Å². The van der Waals surface area contributed by atoms with E-state index in [1.807, 2.05) is 13.0 Å². The Balaban J connectivity index is 2.09. The molecule has 0 aliphatic carbocycles. The highest BCUT2D eigenvalue weighted by Gasteiger charge is 2.13. The molecule has 0 aromatic heterocycles. The zero-order chi connectivity index (χ0) is 23.0. The predicted molar refractivity (Wildman–Crippen MR) is 122 cm³/mol. The number of aliphatic imine (C=N–C) groups is 1.